The maximum absolute atomic E-state index is 12.9. The lowest BCUT2D eigenvalue weighted by Crippen LogP contribution is -2.16. The fourth-order valence-electron chi connectivity index (χ4n) is 4.22. The molecule has 2 heterocycles. The lowest BCUT2D eigenvalue weighted by atomic mass is 10.0. The lowest BCUT2D eigenvalue weighted by molar-refractivity contribution is -0.136. The second-order valence-corrected chi connectivity index (χ2v) is 9.11. The molecule has 7 nitrogen and oxygen atoms in total. The van der Waals surface area contributed by atoms with Gasteiger partial charge in [-0.05, 0) is 41.8 Å². The number of benzene rings is 3. The van der Waals surface area contributed by atoms with Gasteiger partial charge in [-0.2, -0.15) is 0 Å². The molecule has 8 heteroatoms. The average molecular weight is 527 g/mol. The number of nitrogens with one attached hydrogen (secondary N) is 1. The van der Waals surface area contributed by atoms with Crippen molar-refractivity contribution < 1.29 is 23.8 Å². The topological polar surface area (TPSA) is 102 Å². The molecular formula is C30H23ClN2O5. The van der Waals surface area contributed by atoms with Crippen LogP contribution in [0.15, 0.2) is 95.5 Å². The average Bonchev–Trinajstić information content (AvgIpc) is 3.27. The van der Waals surface area contributed by atoms with Crippen LogP contribution in [0.25, 0.3) is 33.6 Å². The van der Waals surface area contributed by atoms with E-state index in [0.29, 0.717) is 33.1 Å². The molecule has 0 radical (unpaired) electrons. The summed E-state index contributed by atoms with van der Waals surface area (Å²) in [5.74, 6) is -0.418. The number of nitrogens with zero attached hydrogens (tertiary/aromatic N) is 1. The van der Waals surface area contributed by atoms with Crippen LogP contribution in [0.2, 0.25) is 5.02 Å². The fourth-order valence-corrected chi connectivity index (χ4v) is 4.51. The van der Waals surface area contributed by atoms with Gasteiger partial charge in [-0.3, -0.25) is 10.1 Å². The Bertz CT molecular complexity index is 1610. The Morgan fingerprint density at radius 3 is 2.29 bits per heavy atom. The van der Waals surface area contributed by atoms with Crippen LogP contribution in [-0.4, -0.2) is 22.2 Å². The number of aliphatic carboxylic acids is 1. The van der Waals surface area contributed by atoms with Gasteiger partial charge >= 0.3 is 12.1 Å². The number of carbonyl (C=O) groups excluding carboxylic acids is 1. The Labute approximate surface area is 223 Å². The van der Waals surface area contributed by atoms with Crippen molar-refractivity contribution in [2.45, 2.75) is 19.4 Å². The third kappa shape index (κ3) is 5.38. The molecule has 38 heavy (non-hydrogen) atoms. The van der Waals surface area contributed by atoms with Gasteiger partial charge in [0.1, 0.15) is 11.8 Å². The first-order valence-corrected chi connectivity index (χ1v) is 12.3. The summed E-state index contributed by atoms with van der Waals surface area (Å²) in [6, 6.07) is 25.8. The van der Waals surface area contributed by atoms with Gasteiger partial charge in [-0.15, -0.1) is 0 Å². The van der Waals surface area contributed by atoms with Crippen LogP contribution < -0.4 is 5.32 Å². The summed E-state index contributed by atoms with van der Waals surface area (Å²) in [5, 5.41) is 13.0. The molecule has 3 aromatic carbocycles. The van der Waals surface area contributed by atoms with Crippen LogP contribution in [0.5, 0.6) is 0 Å². The summed E-state index contributed by atoms with van der Waals surface area (Å²) in [5.41, 5.74) is 4.92. The number of amides is 1. The molecule has 5 rings (SSSR count). The monoisotopic (exact) mass is 526 g/mol. The summed E-state index contributed by atoms with van der Waals surface area (Å²) in [7, 11) is 0. The van der Waals surface area contributed by atoms with Crippen molar-refractivity contribution in [2.24, 2.45) is 0 Å². The highest BCUT2D eigenvalue weighted by molar-refractivity contribution is 6.31. The minimum absolute atomic E-state index is 0.0192. The first-order valence-electron chi connectivity index (χ1n) is 11.9. The normalized spacial score (nSPS) is 11.7. The fraction of sp³-hybridized carbons (Fsp3) is 0.100. The van der Waals surface area contributed by atoms with E-state index in [1.54, 1.807) is 37.4 Å². The smallest absolute Gasteiger partial charge is 0.412 e. The molecule has 0 aliphatic rings. The number of carboxylic acids is 1. The summed E-state index contributed by atoms with van der Waals surface area (Å²) < 4.78 is 11.6. The maximum atomic E-state index is 12.9. The summed E-state index contributed by atoms with van der Waals surface area (Å²) in [4.78, 5) is 28.1. The summed E-state index contributed by atoms with van der Waals surface area (Å²) in [6.45, 7) is 1.75. The zero-order valence-corrected chi connectivity index (χ0v) is 21.1. The predicted octanol–water partition coefficient (Wildman–Crippen LogP) is 7.75. The standard InChI is InChI=1S/C30H23ClN2O5/c1-18(23-5-2-3-7-25(23)31)37-30(36)33-27-24-6-4-16-32-29(24)38-28(27)22-14-12-21(13-15-22)20-10-8-19(9-11-20)17-26(34)35/h2-16,18H,17H2,1H3,(H,33,36)(H,34,35). The van der Waals surface area contributed by atoms with Crippen LogP contribution in [0.3, 0.4) is 0 Å². The van der Waals surface area contributed by atoms with E-state index in [9.17, 15) is 9.59 Å². The molecule has 0 saturated heterocycles. The minimum Gasteiger partial charge on any atom is -0.481 e. The quantitative estimate of drug-likeness (QED) is 0.225. The Balaban J connectivity index is 1.40. The number of anilines is 1. The van der Waals surface area contributed by atoms with Crippen LogP contribution in [0.4, 0.5) is 10.5 Å². The molecule has 0 bridgehead atoms. The number of fused-ring (bicyclic) bond motifs is 1. The Morgan fingerprint density at radius 2 is 1.61 bits per heavy atom. The van der Waals surface area contributed by atoms with Crippen molar-refractivity contribution in [1.82, 2.24) is 4.98 Å². The second-order valence-electron chi connectivity index (χ2n) is 8.70. The number of hydrogen-bond donors (Lipinski definition) is 2. The Kier molecular flexibility index (Phi) is 7.11. The molecule has 2 N–H and O–H groups in total. The summed E-state index contributed by atoms with van der Waals surface area (Å²) >= 11 is 6.25. The van der Waals surface area contributed by atoms with Gasteiger partial charge < -0.3 is 14.3 Å². The Hall–Kier alpha value is -4.62. The van der Waals surface area contributed by atoms with E-state index in [1.807, 2.05) is 60.7 Å². The number of rotatable bonds is 7. The van der Waals surface area contributed by atoms with Gasteiger partial charge in [0.05, 0.1) is 11.8 Å². The van der Waals surface area contributed by atoms with E-state index in [4.69, 9.17) is 25.9 Å². The van der Waals surface area contributed by atoms with E-state index in [2.05, 4.69) is 10.3 Å². The van der Waals surface area contributed by atoms with Crippen LogP contribution in [-0.2, 0) is 16.0 Å². The van der Waals surface area contributed by atoms with Crippen LogP contribution in [0, 0.1) is 0 Å². The molecule has 0 fully saturated rings. The highest BCUT2D eigenvalue weighted by Gasteiger charge is 2.21. The molecule has 2 aromatic heterocycles. The first-order chi connectivity index (χ1) is 18.4. The van der Waals surface area contributed by atoms with E-state index in [0.717, 1.165) is 22.3 Å². The highest BCUT2D eigenvalue weighted by Crippen LogP contribution is 2.38. The molecule has 0 spiro atoms. The zero-order chi connectivity index (χ0) is 26.6. The van der Waals surface area contributed by atoms with Gasteiger partial charge in [0.2, 0.25) is 5.71 Å². The van der Waals surface area contributed by atoms with Crippen molar-refractivity contribution in [3.05, 3.63) is 107 Å². The van der Waals surface area contributed by atoms with E-state index >= 15 is 0 Å². The predicted molar refractivity (Wildman–Crippen MR) is 146 cm³/mol. The van der Waals surface area contributed by atoms with Crippen molar-refractivity contribution in [1.29, 1.82) is 0 Å². The number of hydrogen-bond acceptors (Lipinski definition) is 5. The third-order valence-corrected chi connectivity index (χ3v) is 6.45. The molecular weight excluding hydrogens is 504 g/mol. The molecule has 0 aliphatic carbocycles. The number of halogens is 1. The number of carbonyl (C=O) groups is 2. The van der Waals surface area contributed by atoms with Crippen molar-refractivity contribution in [2.75, 3.05) is 5.32 Å². The van der Waals surface area contributed by atoms with Gasteiger partial charge in [0, 0.05) is 22.3 Å². The number of furan rings is 1. The summed E-state index contributed by atoms with van der Waals surface area (Å²) in [6.07, 6.45) is 0.385. The largest absolute Gasteiger partial charge is 0.481 e. The molecule has 1 unspecified atom stereocenters. The maximum Gasteiger partial charge on any atom is 0.412 e. The number of pyridine rings is 1. The van der Waals surface area contributed by atoms with Crippen molar-refractivity contribution in [3.63, 3.8) is 0 Å². The molecule has 5 aromatic rings. The van der Waals surface area contributed by atoms with Gasteiger partial charge in [0.15, 0.2) is 5.76 Å². The number of carboxylic acid groups (broad SMARTS) is 1. The molecule has 0 saturated carbocycles. The first kappa shape index (κ1) is 25.0. The molecule has 190 valence electrons. The van der Waals surface area contributed by atoms with Gasteiger partial charge in [-0.1, -0.05) is 78.3 Å². The molecule has 0 aliphatic heterocycles. The van der Waals surface area contributed by atoms with E-state index < -0.39 is 18.2 Å². The minimum atomic E-state index is -0.867. The number of aromatic nitrogens is 1. The number of ether oxygens (including phenoxy) is 1. The SMILES string of the molecule is CC(OC(=O)Nc1c(-c2ccc(-c3ccc(CC(=O)O)cc3)cc2)oc2ncccc12)c1ccccc1Cl. The van der Waals surface area contributed by atoms with E-state index in [1.165, 1.54) is 0 Å². The lowest BCUT2D eigenvalue weighted by Gasteiger charge is -2.15. The van der Waals surface area contributed by atoms with E-state index in [-0.39, 0.29) is 6.42 Å². The van der Waals surface area contributed by atoms with Gasteiger partial charge in [0.25, 0.3) is 0 Å². The third-order valence-electron chi connectivity index (χ3n) is 6.11. The zero-order valence-electron chi connectivity index (χ0n) is 20.4. The van der Waals surface area contributed by atoms with Crippen LogP contribution >= 0.6 is 11.6 Å². The van der Waals surface area contributed by atoms with Crippen molar-refractivity contribution >= 4 is 40.5 Å². The second kappa shape index (κ2) is 10.8. The van der Waals surface area contributed by atoms with Crippen molar-refractivity contribution in [3.8, 4) is 22.5 Å². The van der Waals surface area contributed by atoms with Crippen LogP contribution in [0.1, 0.15) is 24.2 Å². The Morgan fingerprint density at radius 1 is 0.947 bits per heavy atom. The highest BCUT2D eigenvalue weighted by atomic mass is 35.5. The molecule has 1 amide bonds. The van der Waals surface area contributed by atoms with Gasteiger partial charge in [-0.25, -0.2) is 9.78 Å². The molecule has 1 atom stereocenters.